The van der Waals surface area contributed by atoms with Crippen molar-refractivity contribution >= 4 is 21.6 Å². The largest absolute Gasteiger partial charge is 0.243 e. The summed E-state index contributed by atoms with van der Waals surface area (Å²) in [7, 11) is -3.44. The van der Waals surface area contributed by atoms with Crippen molar-refractivity contribution in [2.75, 3.05) is 12.4 Å². The van der Waals surface area contributed by atoms with Gasteiger partial charge in [0.25, 0.3) is 0 Å². The highest BCUT2D eigenvalue weighted by molar-refractivity contribution is 7.89. The van der Waals surface area contributed by atoms with Crippen LogP contribution in [-0.2, 0) is 10.0 Å². The molecule has 1 aromatic carbocycles. The number of hydrogen-bond donors (Lipinski definition) is 0. The van der Waals surface area contributed by atoms with Crippen molar-refractivity contribution in [2.24, 2.45) is 5.41 Å². The van der Waals surface area contributed by atoms with Crippen LogP contribution in [0.5, 0.6) is 0 Å². The van der Waals surface area contributed by atoms with Gasteiger partial charge in [0.1, 0.15) is 0 Å². The Morgan fingerprint density at radius 3 is 2.42 bits per heavy atom. The molecule has 1 fully saturated rings. The summed E-state index contributed by atoms with van der Waals surface area (Å²) in [5.74, 6) is 0.342. The molecule has 1 aliphatic heterocycles. The highest BCUT2D eigenvalue weighted by Gasteiger charge is 2.43. The van der Waals surface area contributed by atoms with E-state index in [9.17, 15) is 8.42 Å². The monoisotopic (exact) mass is 301 g/mol. The van der Waals surface area contributed by atoms with Gasteiger partial charge in [-0.05, 0) is 30.9 Å². The van der Waals surface area contributed by atoms with Crippen LogP contribution in [0, 0.1) is 12.3 Å². The SMILES string of the molecule is Cc1ccc(S(=O)(=O)N2CC(C)(C)CC2CCl)cc1. The highest BCUT2D eigenvalue weighted by Crippen LogP contribution is 2.37. The van der Waals surface area contributed by atoms with Crippen LogP contribution in [0.1, 0.15) is 25.8 Å². The molecule has 19 heavy (non-hydrogen) atoms. The van der Waals surface area contributed by atoms with E-state index < -0.39 is 10.0 Å². The molecule has 106 valence electrons. The summed E-state index contributed by atoms with van der Waals surface area (Å²) in [6, 6.07) is 6.87. The first-order chi connectivity index (χ1) is 8.76. The maximum absolute atomic E-state index is 12.7. The Bertz CT molecular complexity index is 551. The lowest BCUT2D eigenvalue weighted by molar-refractivity contribution is 0.371. The fraction of sp³-hybridized carbons (Fsp3) is 0.571. The van der Waals surface area contributed by atoms with Crippen molar-refractivity contribution in [1.82, 2.24) is 4.31 Å². The Balaban J connectivity index is 2.36. The molecule has 1 aromatic rings. The fourth-order valence-corrected chi connectivity index (χ4v) is 4.78. The van der Waals surface area contributed by atoms with Crippen LogP contribution in [0.15, 0.2) is 29.2 Å². The highest BCUT2D eigenvalue weighted by atomic mass is 35.5. The molecular weight excluding hydrogens is 282 g/mol. The minimum Gasteiger partial charge on any atom is -0.207 e. The molecule has 1 heterocycles. The summed E-state index contributed by atoms with van der Waals surface area (Å²) < 4.78 is 26.9. The second-order valence-corrected chi connectivity index (χ2v) is 8.24. The standard InChI is InChI=1S/C14H20ClNO2S/c1-11-4-6-13(7-5-11)19(17,18)16-10-14(2,3)8-12(16)9-15/h4-7,12H,8-10H2,1-3H3. The summed E-state index contributed by atoms with van der Waals surface area (Å²) in [5, 5.41) is 0. The lowest BCUT2D eigenvalue weighted by Crippen LogP contribution is -2.37. The second kappa shape index (κ2) is 5.08. The number of nitrogens with zero attached hydrogens (tertiary/aromatic N) is 1. The molecule has 0 radical (unpaired) electrons. The zero-order valence-corrected chi connectivity index (χ0v) is 13.1. The summed E-state index contributed by atoms with van der Waals surface area (Å²) in [5.41, 5.74) is 1.03. The third-order valence-electron chi connectivity index (χ3n) is 3.59. The Labute approximate surface area is 120 Å². The number of aryl methyl sites for hydroxylation is 1. The van der Waals surface area contributed by atoms with Crippen molar-refractivity contribution in [3.63, 3.8) is 0 Å². The van der Waals surface area contributed by atoms with Gasteiger partial charge in [0.05, 0.1) is 4.90 Å². The average molecular weight is 302 g/mol. The number of benzene rings is 1. The summed E-state index contributed by atoms with van der Waals surface area (Å²) in [4.78, 5) is 0.353. The molecule has 1 unspecified atom stereocenters. The average Bonchev–Trinajstić information content (AvgIpc) is 2.66. The van der Waals surface area contributed by atoms with E-state index in [2.05, 4.69) is 13.8 Å². The number of sulfonamides is 1. The normalized spacial score (nSPS) is 23.7. The van der Waals surface area contributed by atoms with Crippen molar-refractivity contribution in [2.45, 2.75) is 38.1 Å². The molecule has 1 atom stereocenters. The first kappa shape index (κ1) is 14.8. The van der Waals surface area contributed by atoms with Crippen LogP contribution >= 0.6 is 11.6 Å². The molecule has 0 amide bonds. The van der Waals surface area contributed by atoms with Crippen molar-refractivity contribution in [1.29, 1.82) is 0 Å². The van der Waals surface area contributed by atoms with E-state index in [1.165, 1.54) is 0 Å². The molecule has 0 saturated carbocycles. The quantitative estimate of drug-likeness (QED) is 0.805. The number of halogens is 1. The van der Waals surface area contributed by atoms with Crippen LogP contribution in [0.2, 0.25) is 0 Å². The van der Waals surface area contributed by atoms with Crippen LogP contribution in [0.3, 0.4) is 0 Å². The number of rotatable bonds is 3. The van der Waals surface area contributed by atoms with Gasteiger partial charge in [-0.3, -0.25) is 0 Å². The molecule has 1 aliphatic rings. The molecule has 0 aliphatic carbocycles. The Kier molecular flexibility index (Phi) is 3.96. The van der Waals surface area contributed by atoms with Crippen LogP contribution in [-0.4, -0.2) is 31.2 Å². The number of alkyl halides is 1. The van der Waals surface area contributed by atoms with Crippen molar-refractivity contribution in [3.05, 3.63) is 29.8 Å². The topological polar surface area (TPSA) is 37.4 Å². The minimum absolute atomic E-state index is 0.0165. The zero-order chi connectivity index (χ0) is 14.3. The van der Waals surface area contributed by atoms with E-state index in [-0.39, 0.29) is 11.5 Å². The third-order valence-corrected chi connectivity index (χ3v) is 5.85. The second-order valence-electron chi connectivity index (χ2n) is 6.04. The van der Waals surface area contributed by atoms with Gasteiger partial charge in [0.15, 0.2) is 0 Å². The Morgan fingerprint density at radius 1 is 1.32 bits per heavy atom. The van der Waals surface area contributed by atoms with Gasteiger partial charge in [0.2, 0.25) is 10.0 Å². The predicted molar refractivity (Wildman–Crippen MR) is 78.0 cm³/mol. The summed E-state index contributed by atoms with van der Waals surface area (Å²) in [6.07, 6.45) is 0.807. The molecule has 0 spiro atoms. The molecule has 5 heteroatoms. The molecule has 1 saturated heterocycles. The van der Waals surface area contributed by atoms with E-state index in [4.69, 9.17) is 11.6 Å². The Morgan fingerprint density at radius 2 is 1.89 bits per heavy atom. The van der Waals surface area contributed by atoms with Gasteiger partial charge in [-0.25, -0.2) is 8.42 Å². The van der Waals surface area contributed by atoms with E-state index >= 15 is 0 Å². The van der Waals surface area contributed by atoms with E-state index in [1.54, 1.807) is 16.4 Å². The van der Waals surface area contributed by atoms with E-state index in [0.717, 1.165) is 12.0 Å². The number of hydrogen-bond acceptors (Lipinski definition) is 2. The van der Waals surface area contributed by atoms with E-state index in [1.807, 2.05) is 19.1 Å². The maximum Gasteiger partial charge on any atom is 0.243 e. The third kappa shape index (κ3) is 2.96. The van der Waals surface area contributed by atoms with E-state index in [0.29, 0.717) is 17.3 Å². The van der Waals surface area contributed by atoms with Crippen LogP contribution in [0.25, 0.3) is 0 Å². The first-order valence-electron chi connectivity index (χ1n) is 6.41. The molecule has 2 rings (SSSR count). The van der Waals surface area contributed by atoms with Crippen LogP contribution < -0.4 is 0 Å². The Hall–Kier alpha value is -0.580. The summed E-state index contributed by atoms with van der Waals surface area (Å²) >= 11 is 5.94. The molecule has 0 N–H and O–H groups in total. The van der Waals surface area contributed by atoms with Crippen molar-refractivity contribution < 1.29 is 8.42 Å². The fourth-order valence-electron chi connectivity index (χ4n) is 2.61. The smallest absolute Gasteiger partial charge is 0.207 e. The lowest BCUT2D eigenvalue weighted by atomic mass is 9.91. The maximum atomic E-state index is 12.7. The van der Waals surface area contributed by atoms with Gasteiger partial charge < -0.3 is 0 Å². The summed E-state index contributed by atoms with van der Waals surface area (Å²) in [6.45, 7) is 6.63. The zero-order valence-electron chi connectivity index (χ0n) is 11.6. The van der Waals surface area contributed by atoms with Crippen molar-refractivity contribution in [3.8, 4) is 0 Å². The minimum atomic E-state index is -3.44. The molecular formula is C14H20ClNO2S. The molecule has 3 nitrogen and oxygen atoms in total. The first-order valence-corrected chi connectivity index (χ1v) is 8.38. The predicted octanol–water partition coefficient (Wildman–Crippen LogP) is 3.02. The van der Waals surface area contributed by atoms with Gasteiger partial charge in [-0.2, -0.15) is 4.31 Å². The van der Waals surface area contributed by atoms with Gasteiger partial charge >= 0.3 is 0 Å². The van der Waals surface area contributed by atoms with Gasteiger partial charge in [-0.15, -0.1) is 11.6 Å². The molecule has 0 bridgehead atoms. The van der Waals surface area contributed by atoms with Crippen LogP contribution in [0.4, 0.5) is 0 Å². The van der Waals surface area contributed by atoms with Gasteiger partial charge in [0, 0.05) is 18.5 Å². The van der Waals surface area contributed by atoms with Gasteiger partial charge in [-0.1, -0.05) is 31.5 Å². The molecule has 0 aromatic heterocycles. The lowest BCUT2D eigenvalue weighted by Gasteiger charge is -2.22.